The Hall–Kier alpha value is -1.14. The number of rotatable bonds is 14. The summed E-state index contributed by atoms with van der Waals surface area (Å²) < 4.78 is 48.1. The highest BCUT2D eigenvalue weighted by atomic mass is 16.8. The van der Waals surface area contributed by atoms with Crippen molar-refractivity contribution in [2.45, 2.75) is 215 Å². The molecule has 4 aliphatic heterocycles. The Bertz CT molecular complexity index is 1810. The molecule has 4 aliphatic carbocycles. The molecule has 71 heavy (non-hydrogen) atoms. The van der Waals surface area contributed by atoms with Crippen LogP contribution in [0.3, 0.4) is 0 Å². The highest BCUT2D eigenvalue weighted by Gasteiger charge is 2.71. The standard InChI is InChI=1S/C49H82O22/c1-20(2)21-9-14-49(19-64-42-38(62)34(58)40(25(17-52)67-42)70-44-36(60)32(56)30(54)23(15-50)65-44)22(21)7-8-28-47(5)12-11-29(46(3,4)27(47)10-13-48(28,49)6)69-43-39(63)35(59)41(26(18-53)68-43)71-45-37(61)33(57)31(55)24(16-51)66-45/h21-45,50-63H,1,7-19H2,2-6H3/t21-,22-,23-,24-,25-,26-,27+,28-,29+,30-,31-,32+,33+,34-,35-,36-,37-,38-,39-,40-,41-,42-,43+,44-,45-,47+,48-,49+/m1/s1. The summed E-state index contributed by atoms with van der Waals surface area (Å²) >= 11 is 0. The normalized spacial score (nSPS) is 54.2. The molecule has 22 heteroatoms. The molecule has 4 saturated heterocycles. The van der Waals surface area contributed by atoms with E-state index >= 15 is 0 Å². The van der Waals surface area contributed by atoms with Crippen LogP contribution in [0.2, 0.25) is 0 Å². The van der Waals surface area contributed by atoms with Crippen molar-refractivity contribution in [3.63, 3.8) is 0 Å². The molecule has 0 spiro atoms. The van der Waals surface area contributed by atoms with Crippen LogP contribution in [0.1, 0.15) is 86.0 Å². The summed E-state index contributed by atoms with van der Waals surface area (Å²) in [5.74, 6) is 0.708. The van der Waals surface area contributed by atoms with E-state index in [9.17, 15) is 71.5 Å². The van der Waals surface area contributed by atoms with Crippen LogP contribution >= 0.6 is 0 Å². The van der Waals surface area contributed by atoms with Crippen molar-refractivity contribution in [2.75, 3.05) is 33.0 Å². The maximum Gasteiger partial charge on any atom is 0.187 e. The Kier molecular flexibility index (Phi) is 16.9. The molecule has 0 amide bonds. The van der Waals surface area contributed by atoms with E-state index in [0.717, 1.165) is 50.5 Å². The van der Waals surface area contributed by atoms with E-state index in [1.807, 2.05) is 0 Å². The number of aliphatic hydroxyl groups is 14. The van der Waals surface area contributed by atoms with Gasteiger partial charge < -0.3 is 109 Å². The van der Waals surface area contributed by atoms with E-state index in [1.165, 1.54) is 0 Å². The van der Waals surface area contributed by atoms with Gasteiger partial charge in [-0.05, 0) is 98.2 Å². The van der Waals surface area contributed by atoms with Crippen molar-refractivity contribution in [3.05, 3.63) is 12.2 Å². The van der Waals surface area contributed by atoms with E-state index in [0.29, 0.717) is 6.42 Å². The average molecular weight is 1020 g/mol. The Morgan fingerprint density at radius 2 is 0.958 bits per heavy atom. The fourth-order valence-electron chi connectivity index (χ4n) is 15.4. The molecule has 22 nitrogen and oxygen atoms in total. The van der Waals surface area contributed by atoms with Crippen molar-refractivity contribution in [1.82, 2.24) is 0 Å². The Morgan fingerprint density at radius 3 is 1.46 bits per heavy atom. The molecule has 8 rings (SSSR count). The predicted molar refractivity (Wildman–Crippen MR) is 242 cm³/mol. The van der Waals surface area contributed by atoms with Crippen LogP contribution in [-0.2, 0) is 37.9 Å². The third-order valence-corrected chi connectivity index (χ3v) is 19.3. The zero-order valence-corrected chi connectivity index (χ0v) is 41.4. The van der Waals surface area contributed by atoms with E-state index in [1.54, 1.807) is 0 Å². The van der Waals surface area contributed by atoms with Gasteiger partial charge in [-0.25, -0.2) is 0 Å². The second-order valence-electron chi connectivity index (χ2n) is 23.2. The smallest absolute Gasteiger partial charge is 0.187 e. The first-order valence-corrected chi connectivity index (χ1v) is 25.6. The van der Waals surface area contributed by atoms with Crippen molar-refractivity contribution in [2.24, 2.45) is 45.3 Å². The maximum atomic E-state index is 11.6. The Labute approximate surface area is 414 Å². The van der Waals surface area contributed by atoms with Crippen LogP contribution < -0.4 is 0 Å². The average Bonchev–Trinajstić information content (AvgIpc) is 3.74. The number of hydrogen-bond acceptors (Lipinski definition) is 22. The second kappa shape index (κ2) is 21.4. The first-order chi connectivity index (χ1) is 33.5. The molecular weight excluding hydrogens is 941 g/mol. The monoisotopic (exact) mass is 1020 g/mol. The lowest BCUT2D eigenvalue weighted by molar-refractivity contribution is -0.369. The summed E-state index contributed by atoms with van der Waals surface area (Å²) in [6, 6.07) is 0. The summed E-state index contributed by atoms with van der Waals surface area (Å²) in [4.78, 5) is 0. The fourth-order valence-corrected chi connectivity index (χ4v) is 15.4. The van der Waals surface area contributed by atoms with Gasteiger partial charge in [-0.2, -0.15) is 0 Å². The first-order valence-electron chi connectivity index (χ1n) is 25.6. The number of aliphatic hydroxyl groups excluding tert-OH is 14. The Balaban J connectivity index is 0.970. The molecule has 8 aliphatic rings. The molecule has 28 atom stereocenters. The van der Waals surface area contributed by atoms with Crippen LogP contribution in [0, 0.1) is 45.3 Å². The zero-order chi connectivity index (χ0) is 51.9. The first kappa shape index (κ1) is 56.1. The second-order valence-corrected chi connectivity index (χ2v) is 23.2. The molecule has 0 aromatic rings. The third-order valence-electron chi connectivity index (χ3n) is 19.3. The van der Waals surface area contributed by atoms with Crippen molar-refractivity contribution >= 4 is 0 Å². The number of allylic oxidation sites excluding steroid dienone is 1. The molecular formula is C49H82O22. The van der Waals surface area contributed by atoms with Gasteiger partial charge in [0.25, 0.3) is 0 Å². The minimum atomic E-state index is -1.80. The van der Waals surface area contributed by atoms with Gasteiger partial charge in [-0.15, -0.1) is 0 Å². The minimum Gasteiger partial charge on any atom is -0.394 e. The molecule has 0 bridgehead atoms. The van der Waals surface area contributed by atoms with Crippen LogP contribution in [0.5, 0.6) is 0 Å². The van der Waals surface area contributed by atoms with E-state index in [-0.39, 0.29) is 41.1 Å². The molecule has 0 aromatic carbocycles. The summed E-state index contributed by atoms with van der Waals surface area (Å²) in [6.45, 7) is 12.9. The largest absolute Gasteiger partial charge is 0.394 e. The fraction of sp³-hybridized carbons (Fsp3) is 0.959. The van der Waals surface area contributed by atoms with Gasteiger partial charge in [0.05, 0.1) is 39.1 Å². The van der Waals surface area contributed by atoms with Crippen LogP contribution in [0.25, 0.3) is 0 Å². The van der Waals surface area contributed by atoms with Gasteiger partial charge in [0.15, 0.2) is 25.2 Å². The van der Waals surface area contributed by atoms with E-state index in [4.69, 9.17) is 37.9 Å². The van der Waals surface area contributed by atoms with Gasteiger partial charge in [0.2, 0.25) is 0 Å². The topological polar surface area (TPSA) is 357 Å². The highest BCUT2D eigenvalue weighted by Crippen LogP contribution is 2.76. The van der Waals surface area contributed by atoms with Crippen molar-refractivity contribution in [1.29, 1.82) is 0 Å². The lowest BCUT2D eigenvalue weighted by Gasteiger charge is -2.70. The Morgan fingerprint density at radius 1 is 0.493 bits per heavy atom. The molecule has 14 N–H and O–H groups in total. The lowest BCUT2D eigenvalue weighted by atomic mass is 9.35. The van der Waals surface area contributed by atoms with Gasteiger partial charge in [0, 0.05) is 5.41 Å². The number of fused-ring (bicyclic) bond motifs is 5. The van der Waals surface area contributed by atoms with Gasteiger partial charge in [-0.3, -0.25) is 0 Å². The summed E-state index contributed by atoms with van der Waals surface area (Å²) in [5.41, 5.74) is -0.354. The molecule has 4 heterocycles. The third kappa shape index (κ3) is 9.41. The van der Waals surface area contributed by atoms with Crippen LogP contribution in [0.4, 0.5) is 0 Å². The predicted octanol–water partition coefficient (Wildman–Crippen LogP) is -3.12. The van der Waals surface area contributed by atoms with Crippen molar-refractivity contribution in [3.8, 4) is 0 Å². The number of hydrogen-bond donors (Lipinski definition) is 14. The minimum absolute atomic E-state index is 0.117. The van der Waals surface area contributed by atoms with Crippen molar-refractivity contribution < 1.29 is 109 Å². The summed E-state index contributed by atoms with van der Waals surface area (Å²) in [7, 11) is 0. The van der Waals surface area contributed by atoms with E-state index in [2.05, 4.69) is 41.2 Å². The van der Waals surface area contributed by atoms with E-state index < -0.39 is 166 Å². The van der Waals surface area contributed by atoms with Gasteiger partial charge in [-0.1, -0.05) is 39.8 Å². The SMILES string of the molecule is C=C(C)[C@H]1CC[C@]2(CO[C@@H]3O[C@H](CO)[C@@H](O[C@H]4O[C@H](CO)[C@@H](O)[C@H](O)[C@H]4O)[C@H](O)[C@H]3O)[C@@H]1CC[C@@H]1[C@@]3(C)CC[C@H](O[C@@H]4O[C@H](CO)[C@@H](O[C@H]5O[C@H](CO)[C@@H](O)[C@H](O)[C@H]5O)[C@H](O)[C@H]4O)C(C)(C)[C@@H]3CC[C@]12C. The maximum absolute atomic E-state index is 11.6. The number of ether oxygens (including phenoxy) is 8. The molecule has 410 valence electrons. The molecule has 0 radical (unpaired) electrons. The zero-order valence-electron chi connectivity index (χ0n) is 41.4. The molecule has 0 unspecified atom stereocenters. The molecule has 0 aromatic heterocycles. The summed E-state index contributed by atoms with van der Waals surface area (Å²) in [5, 5.41) is 149. The molecule has 8 fully saturated rings. The summed E-state index contributed by atoms with van der Waals surface area (Å²) in [6.07, 6.45) is -25.3. The molecule has 4 saturated carbocycles. The van der Waals surface area contributed by atoms with Crippen LogP contribution in [-0.4, -0.2) is 233 Å². The highest BCUT2D eigenvalue weighted by molar-refractivity contribution is 5.21. The van der Waals surface area contributed by atoms with Gasteiger partial charge >= 0.3 is 0 Å². The quantitative estimate of drug-likeness (QED) is 0.0605. The van der Waals surface area contributed by atoms with Gasteiger partial charge in [0.1, 0.15) is 97.7 Å². The van der Waals surface area contributed by atoms with Crippen LogP contribution in [0.15, 0.2) is 12.2 Å². The lowest BCUT2D eigenvalue weighted by Crippen LogP contribution is -2.67.